The Bertz CT molecular complexity index is 2820. The lowest BCUT2D eigenvalue weighted by Gasteiger charge is -2.15. The predicted molar refractivity (Wildman–Crippen MR) is 265 cm³/mol. The number of amides is 4. The van der Waals surface area contributed by atoms with Gasteiger partial charge in [0.25, 0.3) is 23.6 Å². The fourth-order valence-corrected chi connectivity index (χ4v) is 7.21. The molecule has 0 spiro atoms. The second-order valence-corrected chi connectivity index (χ2v) is 17.3. The van der Waals surface area contributed by atoms with E-state index >= 15 is 0 Å². The van der Waals surface area contributed by atoms with Gasteiger partial charge in [0, 0.05) is 38.4 Å². The average molecular weight is 1030 g/mol. The topological polar surface area (TPSA) is 218 Å². The summed E-state index contributed by atoms with van der Waals surface area (Å²) < 4.78 is 10.8. The van der Waals surface area contributed by atoms with E-state index in [1.807, 2.05) is 0 Å². The number of Topliss-reactive ketones (excluding diaryl/α,β-unsaturated/α-hetero) is 2. The molecule has 0 heterocycles. The maximum Gasteiger partial charge on any atom is 0.258 e. The molecule has 5 rings (SSSR count). The summed E-state index contributed by atoms with van der Waals surface area (Å²) in [5, 5.41) is 26.4. The standard InChI is InChI=1S/C47H43Cl5N8O8/c1-23(49)27-7-11-40(67-5)38(18-27)55-44(63)29-13-32(51)20-35(15-29)57-59-42(25(3)61)46(65)53-34-9-10-37(31(17-34)22-48)54-47(66)43(26(4)62)60-58-36-16-30(14-33(52)21-36)45(64)56-39-19-28(24(2)50)8-12-41(39)68-6/h7-21,23-24,42-43H,22H2,1-6H3,(H,53,65)(H,54,66)(H,55,63)(H,56,64). The summed E-state index contributed by atoms with van der Waals surface area (Å²) in [6.45, 7) is 5.87. The third-order valence-electron chi connectivity index (χ3n) is 9.77. The molecular weight excluding hydrogens is 982 g/mol. The molecular formula is C47H43Cl5N8O8. The second-order valence-electron chi connectivity index (χ2n) is 14.9. The van der Waals surface area contributed by atoms with Gasteiger partial charge in [0.05, 0.1) is 47.7 Å². The van der Waals surface area contributed by atoms with Crippen LogP contribution in [0.2, 0.25) is 10.0 Å². The Morgan fingerprint density at radius 3 is 1.40 bits per heavy atom. The van der Waals surface area contributed by atoms with E-state index < -0.39 is 47.3 Å². The number of ketones is 2. The van der Waals surface area contributed by atoms with Crippen LogP contribution in [0, 0.1) is 0 Å². The van der Waals surface area contributed by atoms with E-state index in [2.05, 4.69) is 41.7 Å². The van der Waals surface area contributed by atoms with Crippen molar-refractivity contribution in [2.75, 3.05) is 35.5 Å². The normalized spacial score (nSPS) is 13.0. The van der Waals surface area contributed by atoms with Gasteiger partial charge in [0.15, 0.2) is 11.6 Å². The number of benzene rings is 5. The number of carbonyl (C=O) groups excluding carboxylic acids is 6. The van der Waals surface area contributed by atoms with Crippen molar-refractivity contribution >= 4 is 127 Å². The van der Waals surface area contributed by atoms with Gasteiger partial charge in [-0.15, -0.1) is 34.8 Å². The number of carbonyl (C=O) groups is 6. The molecule has 0 aliphatic rings. The molecule has 4 amide bonds. The summed E-state index contributed by atoms with van der Waals surface area (Å²) in [7, 11) is 2.91. The van der Waals surface area contributed by atoms with Gasteiger partial charge >= 0.3 is 0 Å². The van der Waals surface area contributed by atoms with Crippen molar-refractivity contribution in [2.24, 2.45) is 20.5 Å². The molecule has 0 saturated carbocycles. The number of hydrogen-bond donors (Lipinski definition) is 4. The van der Waals surface area contributed by atoms with Gasteiger partial charge < -0.3 is 30.7 Å². The number of anilines is 4. The van der Waals surface area contributed by atoms with Crippen molar-refractivity contribution in [1.82, 2.24) is 0 Å². The van der Waals surface area contributed by atoms with Gasteiger partial charge in [-0.2, -0.15) is 20.5 Å². The van der Waals surface area contributed by atoms with E-state index in [-0.39, 0.29) is 60.6 Å². The zero-order valence-electron chi connectivity index (χ0n) is 37.1. The van der Waals surface area contributed by atoms with Crippen LogP contribution in [0.5, 0.6) is 11.5 Å². The number of nitrogens with one attached hydrogen (secondary N) is 4. The van der Waals surface area contributed by atoms with Crippen LogP contribution >= 0.6 is 58.0 Å². The maximum absolute atomic E-state index is 13.5. The fraction of sp³-hybridized carbons (Fsp3) is 0.234. The quantitative estimate of drug-likeness (QED) is 0.0353. The Hall–Kier alpha value is -6.43. The Morgan fingerprint density at radius 1 is 0.559 bits per heavy atom. The van der Waals surface area contributed by atoms with Crippen LogP contribution in [0.3, 0.4) is 0 Å². The minimum absolute atomic E-state index is 0.0724. The van der Waals surface area contributed by atoms with Gasteiger partial charge in [-0.3, -0.25) is 28.8 Å². The summed E-state index contributed by atoms with van der Waals surface area (Å²) in [4.78, 5) is 78.8. The summed E-state index contributed by atoms with van der Waals surface area (Å²) in [5.41, 5.74) is 3.24. The van der Waals surface area contributed by atoms with E-state index in [1.54, 1.807) is 50.2 Å². The molecule has 16 nitrogen and oxygen atoms in total. The van der Waals surface area contributed by atoms with Crippen molar-refractivity contribution in [3.63, 3.8) is 0 Å². The monoisotopic (exact) mass is 1020 g/mol. The van der Waals surface area contributed by atoms with Crippen LogP contribution < -0.4 is 30.7 Å². The van der Waals surface area contributed by atoms with Crippen molar-refractivity contribution < 1.29 is 38.2 Å². The van der Waals surface area contributed by atoms with Gasteiger partial charge in [0.2, 0.25) is 12.1 Å². The van der Waals surface area contributed by atoms with E-state index in [4.69, 9.17) is 67.5 Å². The number of methoxy groups -OCH3 is 2. The average Bonchev–Trinajstić information content (AvgIpc) is 3.28. The molecule has 5 aromatic carbocycles. The summed E-state index contributed by atoms with van der Waals surface area (Å²) in [6.07, 6.45) is 0. The van der Waals surface area contributed by atoms with Gasteiger partial charge in [0.1, 0.15) is 11.5 Å². The van der Waals surface area contributed by atoms with Crippen LogP contribution in [-0.2, 0) is 25.1 Å². The zero-order valence-corrected chi connectivity index (χ0v) is 40.9. The van der Waals surface area contributed by atoms with E-state index in [0.717, 1.165) is 25.0 Å². The molecule has 0 fully saturated rings. The lowest BCUT2D eigenvalue weighted by atomic mass is 10.1. The van der Waals surface area contributed by atoms with Crippen molar-refractivity contribution in [1.29, 1.82) is 0 Å². The molecule has 5 aromatic rings. The Morgan fingerprint density at radius 2 is 1.00 bits per heavy atom. The second kappa shape index (κ2) is 24.0. The predicted octanol–water partition coefficient (Wildman–Crippen LogP) is 12.2. The number of hydrogen-bond acceptors (Lipinski definition) is 12. The Balaban J connectivity index is 1.27. The number of rotatable bonds is 19. The summed E-state index contributed by atoms with van der Waals surface area (Å²) in [5.74, 6) is -3.52. The first kappa shape index (κ1) is 52.5. The highest BCUT2D eigenvalue weighted by atomic mass is 35.5. The van der Waals surface area contributed by atoms with Crippen LogP contribution in [0.1, 0.15) is 75.9 Å². The van der Waals surface area contributed by atoms with Gasteiger partial charge in [-0.25, -0.2) is 0 Å². The maximum atomic E-state index is 13.5. The lowest BCUT2D eigenvalue weighted by Crippen LogP contribution is -2.32. The molecule has 0 aliphatic heterocycles. The van der Waals surface area contributed by atoms with Crippen molar-refractivity contribution in [3.8, 4) is 11.5 Å². The third kappa shape index (κ3) is 14.1. The molecule has 4 N–H and O–H groups in total. The molecule has 21 heteroatoms. The highest BCUT2D eigenvalue weighted by molar-refractivity contribution is 6.32. The van der Waals surface area contributed by atoms with E-state index in [1.165, 1.54) is 68.8 Å². The van der Waals surface area contributed by atoms with Crippen molar-refractivity contribution in [3.05, 3.63) is 129 Å². The lowest BCUT2D eigenvalue weighted by molar-refractivity contribution is -0.127. The zero-order chi connectivity index (χ0) is 49.8. The third-order valence-corrected chi connectivity index (χ3v) is 11.0. The molecule has 0 aliphatic carbocycles. The van der Waals surface area contributed by atoms with E-state index in [0.29, 0.717) is 28.4 Å². The number of azo groups is 2. The highest BCUT2D eigenvalue weighted by Crippen LogP contribution is 2.33. The smallest absolute Gasteiger partial charge is 0.258 e. The molecule has 68 heavy (non-hydrogen) atoms. The van der Waals surface area contributed by atoms with Crippen LogP contribution in [-0.4, -0.2) is 61.5 Å². The van der Waals surface area contributed by atoms with Crippen molar-refractivity contribution in [2.45, 2.75) is 56.4 Å². The molecule has 4 unspecified atom stereocenters. The first-order valence-electron chi connectivity index (χ1n) is 20.3. The molecule has 0 saturated heterocycles. The minimum Gasteiger partial charge on any atom is -0.495 e. The number of halogens is 5. The number of nitrogens with zero attached hydrogens (tertiary/aromatic N) is 4. The van der Waals surface area contributed by atoms with Gasteiger partial charge in [-0.05, 0) is 123 Å². The molecule has 354 valence electrons. The molecule has 0 bridgehead atoms. The highest BCUT2D eigenvalue weighted by Gasteiger charge is 2.26. The molecule has 0 aromatic heterocycles. The fourth-order valence-electron chi connectivity index (χ4n) is 6.26. The molecule has 0 radical (unpaired) electrons. The first-order chi connectivity index (χ1) is 32.3. The number of ether oxygens (including phenoxy) is 2. The SMILES string of the molecule is COc1ccc(C(C)Cl)cc1NC(=O)c1cc(Cl)cc(N=NC(C(C)=O)C(=O)Nc2ccc(NC(=O)C(N=Nc3cc(Cl)cc(C(=O)Nc4cc(C(C)Cl)ccc4OC)c3)C(C)=O)c(CCl)c2)c1. The Kier molecular flexibility index (Phi) is 18.6. The van der Waals surface area contributed by atoms with Crippen LogP contribution in [0.15, 0.2) is 111 Å². The Labute approximate surface area is 416 Å². The van der Waals surface area contributed by atoms with Gasteiger partial charge in [-0.1, -0.05) is 35.3 Å². The first-order valence-corrected chi connectivity index (χ1v) is 22.5. The number of alkyl halides is 3. The minimum atomic E-state index is -1.63. The largest absolute Gasteiger partial charge is 0.495 e. The summed E-state index contributed by atoms with van der Waals surface area (Å²) >= 11 is 31.4. The van der Waals surface area contributed by atoms with E-state index in [9.17, 15) is 28.8 Å². The molecule has 4 atom stereocenters. The summed E-state index contributed by atoms with van der Waals surface area (Å²) in [6, 6.07) is 19.6. The van der Waals surface area contributed by atoms with Crippen LogP contribution in [0.25, 0.3) is 0 Å². The van der Waals surface area contributed by atoms with Crippen LogP contribution in [0.4, 0.5) is 34.1 Å².